The summed E-state index contributed by atoms with van der Waals surface area (Å²) in [6.07, 6.45) is -2.61. The van der Waals surface area contributed by atoms with E-state index in [-0.39, 0.29) is 6.54 Å². The van der Waals surface area contributed by atoms with Crippen molar-refractivity contribution in [1.29, 1.82) is 0 Å². The van der Waals surface area contributed by atoms with Crippen molar-refractivity contribution in [3.63, 3.8) is 0 Å². The van der Waals surface area contributed by atoms with Crippen molar-refractivity contribution in [3.8, 4) is 5.75 Å². The number of hydrogen-bond donors (Lipinski definition) is 1. The van der Waals surface area contributed by atoms with Crippen LogP contribution in [0.25, 0.3) is 0 Å². The number of carbonyl (C=O) groups is 1. The molecule has 7 nitrogen and oxygen atoms in total. The first kappa shape index (κ1) is 20.3. The second-order valence-electron chi connectivity index (χ2n) is 6.26. The molecule has 0 saturated heterocycles. The van der Waals surface area contributed by atoms with Crippen LogP contribution in [0.1, 0.15) is 22.5 Å². The Morgan fingerprint density at radius 1 is 1.10 bits per heavy atom. The third-order valence-corrected chi connectivity index (χ3v) is 4.34. The van der Waals surface area contributed by atoms with Gasteiger partial charge in [-0.05, 0) is 41.8 Å². The predicted octanol–water partition coefficient (Wildman–Crippen LogP) is 3.18. The maximum Gasteiger partial charge on any atom is 0.416 e. The number of aromatic nitrogens is 4. The van der Waals surface area contributed by atoms with Gasteiger partial charge in [0, 0.05) is 6.42 Å². The van der Waals surface area contributed by atoms with Crippen LogP contribution >= 0.6 is 0 Å². The molecular formula is C19H18F3N5O2. The highest BCUT2D eigenvalue weighted by Crippen LogP contribution is 2.32. The van der Waals surface area contributed by atoms with Crippen molar-refractivity contribution in [2.24, 2.45) is 0 Å². The van der Waals surface area contributed by atoms with E-state index in [4.69, 9.17) is 4.74 Å². The Balaban J connectivity index is 1.79. The Kier molecular flexibility index (Phi) is 6.10. The fraction of sp³-hybridized carbons (Fsp3) is 0.263. The number of H-pyrrole nitrogens is 1. The van der Waals surface area contributed by atoms with Crippen molar-refractivity contribution in [3.05, 3.63) is 65.0 Å². The van der Waals surface area contributed by atoms with E-state index in [0.29, 0.717) is 42.1 Å². The minimum absolute atomic E-state index is 0.103. The summed E-state index contributed by atoms with van der Waals surface area (Å²) < 4.78 is 43.5. The molecule has 1 amide bonds. The van der Waals surface area contributed by atoms with Crippen molar-refractivity contribution in [1.82, 2.24) is 20.6 Å². The molecule has 3 rings (SSSR count). The summed E-state index contributed by atoms with van der Waals surface area (Å²) in [5.74, 6) is 1.05. The first-order chi connectivity index (χ1) is 13.9. The number of aryl methyl sites for hydroxylation is 2. The van der Waals surface area contributed by atoms with Crippen LogP contribution in [-0.4, -0.2) is 34.1 Å². The van der Waals surface area contributed by atoms with Crippen LogP contribution in [0.3, 0.4) is 0 Å². The van der Waals surface area contributed by atoms with Gasteiger partial charge in [-0.15, -0.1) is 10.2 Å². The van der Waals surface area contributed by atoms with E-state index in [0.717, 1.165) is 17.7 Å². The zero-order chi connectivity index (χ0) is 20.9. The third kappa shape index (κ3) is 5.09. The Bertz CT molecular complexity index is 943. The van der Waals surface area contributed by atoms with Gasteiger partial charge in [-0.25, -0.2) is 0 Å². The molecule has 0 unspecified atom stereocenters. The monoisotopic (exact) mass is 405 g/mol. The first-order valence-corrected chi connectivity index (χ1v) is 8.68. The lowest BCUT2D eigenvalue weighted by Gasteiger charge is -2.21. The number of benzene rings is 2. The number of hydrogen-bond acceptors (Lipinski definition) is 5. The Morgan fingerprint density at radius 3 is 2.41 bits per heavy atom. The van der Waals surface area contributed by atoms with E-state index in [1.165, 1.54) is 24.1 Å². The van der Waals surface area contributed by atoms with E-state index < -0.39 is 11.7 Å². The number of aromatic amines is 1. The van der Waals surface area contributed by atoms with E-state index in [9.17, 15) is 18.0 Å². The maximum atomic E-state index is 12.7. The van der Waals surface area contributed by atoms with Crippen LogP contribution in [0.4, 0.5) is 18.9 Å². The molecule has 0 saturated carbocycles. The molecule has 152 valence electrons. The SMILES string of the molecule is COc1ccc(CCc2nn[nH]n2)cc1N(C=O)Cc1ccc(C(F)(F)F)cc1. The number of ether oxygens (including phenoxy) is 1. The lowest BCUT2D eigenvalue weighted by atomic mass is 10.1. The van der Waals surface area contributed by atoms with Crippen LogP contribution in [0, 0.1) is 0 Å². The van der Waals surface area contributed by atoms with Gasteiger partial charge in [-0.2, -0.15) is 18.4 Å². The number of halogens is 3. The number of methoxy groups -OCH3 is 1. The van der Waals surface area contributed by atoms with Crippen molar-refractivity contribution < 1.29 is 22.7 Å². The van der Waals surface area contributed by atoms with Crippen molar-refractivity contribution in [2.45, 2.75) is 25.6 Å². The summed E-state index contributed by atoms with van der Waals surface area (Å²) in [7, 11) is 1.49. The van der Waals surface area contributed by atoms with Gasteiger partial charge in [0.1, 0.15) is 5.75 Å². The number of anilines is 1. The lowest BCUT2D eigenvalue weighted by Crippen LogP contribution is -2.21. The van der Waals surface area contributed by atoms with Crippen molar-refractivity contribution in [2.75, 3.05) is 12.0 Å². The molecule has 10 heteroatoms. The zero-order valence-electron chi connectivity index (χ0n) is 15.5. The molecule has 3 aromatic rings. The van der Waals surface area contributed by atoms with Gasteiger partial charge >= 0.3 is 6.18 Å². The quantitative estimate of drug-likeness (QED) is 0.582. The molecule has 29 heavy (non-hydrogen) atoms. The number of tetrazole rings is 1. The second kappa shape index (κ2) is 8.72. The van der Waals surface area contributed by atoms with Crippen LogP contribution < -0.4 is 9.64 Å². The molecule has 0 atom stereocenters. The van der Waals surface area contributed by atoms with Gasteiger partial charge in [0.15, 0.2) is 5.82 Å². The molecule has 0 radical (unpaired) electrons. The minimum atomic E-state index is -4.40. The molecule has 0 aliphatic carbocycles. The number of carbonyl (C=O) groups excluding carboxylic acids is 1. The van der Waals surface area contributed by atoms with E-state index in [1.54, 1.807) is 12.1 Å². The number of rotatable bonds is 8. The molecule has 1 heterocycles. The average molecular weight is 405 g/mol. The fourth-order valence-electron chi connectivity index (χ4n) is 2.84. The zero-order valence-corrected chi connectivity index (χ0v) is 15.5. The van der Waals surface area contributed by atoms with Crippen LogP contribution in [0.5, 0.6) is 5.75 Å². The normalized spacial score (nSPS) is 11.3. The minimum Gasteiger partial charge on any atom is -0.495 e. The molecule has 1 N–H and O–H groups in total. The highest BCUT2D eigenvalue weighted by atomic mass is 19.4. The maximum absolute atomic E-state index is 12.7. The molecule has 0 bridgehead atoms. The highest BCUT2D eigenvalue weighted by molar-refractivity contribution is 5.79. The summed E-state index contributed by atoms with van der Waals surface area (Å²) in [5, 5.41) is 13.7. The summed E-state index contributed by atoms with van der Waals surface area (Å²) in [5.41, 5.74) is 1.27. The van der Waals surface area contributed by atoms with Crippen LogP contribution in [0.2, 0.25) is 0 Å². The number of amides is 1. The van der Waals surface area contributed by atoms with E-state index in [2.05, 4.69) is 20.6 Å². The number of alkyl halides is 3. The summed E-state index contributed by atoms with van der Waals surface area (Å²) in [6, 6.07) is 10.1. The second-order valence-corrected chi connectivity index (χ2v) is 6.26. The molecule has 0 aliphatic rings. The smallest absolute Gasteiger partial charge is 0.416 e. The van der Waals surface area contributed by atoms with Gasteiger partial charge in [-0.3, -0.25) is 4.79 Å². The summed E-state index contributed by atoms with van der Waals surface area (Å²) in [4.78, 5) is 13.1. The molecule has 0 fully saturated rings. The summed E-state index contributed by atoms with van der Waals surface area (Å²) in [6.45, 7) is 0.103. The van der Waals surface area contributed by atoms with Crippen LogP contribution in [0.15, 0.2) is 42.5 Å². The van der Waals surface area contributed by atoms with Crippen molar-refractivity contribution >= 4 is 12.1 Å². The Labute approximate surface area is 164 Å². The predicted molar refractivity (Wildman–Crippen MR) is 98.3 cm³/mol. The first-order valence-electron chi connectivity index (χ1n) is 8.68. The number of nitrogens with zero attached hydrogens (tertiary/aromatic N) is 4. The average Bonchev–Trinajstić information content (AvgIpc) is 3.23. The van der Waals surface area contributed by atoms with Gasteiger partial charge < -0.3 is 9.64 Å². The third-order valence-electron chi connectivity index (χ3n) is 4.34. The number of nitrogens with one attached hydrogen (secondary N) is 1. The summed E-state index contributed by atoms with van der Waals surface area (Å²) >= 11 is 0. The van der Waals surface area contributed by atoms with E-state index in [1.807, 2.05) is 6.07 Å². The van der Waals surface area contributed by atoms with Gasteiger partial charge in [0.2, 0.25) is 6.41 Å². The van der Waals surface area contributed by atoms with Gasteiger partial charge in [0.25, 0.3) is 0 Å². The fourth-order valence-corrected chi connectivity index (χ4v) is 2.84. The Hall–Kier alpha value is -3.43. The highest BCUT2D eigenvalue weighted by Gasteiger charge is 2.30. The molecule has 1 aromatic heterocycles. The molecule has 0 aliphatic heterocycles. The topological polar surface area (TPSA) is 84.0 Å². The standard InChI is InChI=1S/C19H18F3N5O2/c1-29-17-8-4-13(5-9-18-23-25-26-24-18)10-16(17)27(12-28)11-14-2-6-15(7-3-14)19(20,21)22/h2-4,6-8,10,12H,5,9,11H2,1H3,(H,23,24,25,26). The lowest BCUT2D eigenvalue weighted by molar-refractivity contribution is -0.137. The molecule has 0 spiro atoms. The Morgan fingerprint density at radius 2 is 1.83 bits per heavy atom. The molecule has 2 aromatic carbocycles. The van der Waals surface area contributed by atoms with Crippen LogP contribution in [-0.2, 0) is 30.4 Å². The van der Waals surface area contributed by atoms with Gasteiger partial charge in [0.05, 0.1) is 24.9 Å². The van der Waals surface area contributed by atoms with Gasteiger partial charge in [-0.1, -0.05) is 23.4 Å². The van der Waals surface area contributed by atoms with E-state index >= 15 is 0 Å². The molecular weight excluding hydrogens is 387 g/mol. The largest absolute Gasteiger partial charge is 0.495 e.